The van der Waals surface area contributed by atoms with Crippen LogP contribution in [0.25, 0.3) is 0 Å². The van der Waals surface area contributed by atoms with Crippen LogP contribution in [-0.2, 0) is 4.74 Å². The highest BCUT2D eigenvalue weighted by Gasteiger charge is 2.36. The van der Waals surface area contributed by atoms with Crippen LogP contribution in [0, 0.1) is 0 Å². The maximum Gasteiger partial charge on any atom is 0.194 e. The standard InChI is InChI=1S/C18H20O6/c1-10-11(7-6-8-21-2)17(20)15-14(16(10)19)12(22-3)9-13(23-4)18(15)24-5/h6,8-9H,7H2,1-5H3/b8-6+. The highest BCUT2D eigenvalue weighted by atomic mass is 16.5. The van der Waals surface area contributed by atoms with Crippen molar-refractivity contribution in [1.82, 2.24) is 0 Å². The van der Waals surface area contributed by atoms with E-state index >= 15 is 0 Å². The van der Waals surface area contributed by atoms with Gasteiger partial charge in [0.1, 0.15) is 5.75 Å². The second kappa shape index (κ2) is 7.21. The number of hydrogen-bond donors (Lipinski definition) is 0. The van der Waals surface area contributed by atoms with Gasteiger partial charge in [-0.05, 0) is 19.4 Å². The number of hydrogen-bond acceptors (Lipinski definition) is 6. The minimum Gasteiger partial charge on any atom is -0.505 e. The van der Waals surface area contributed by atoms with Gasteiger partial charge < -0.3 is 18.9 Å². The highest BCUT2D eigenvalue weighted by Crippen LogP contribution is 2.44. The fraction of sp³-hybridized carbons (Fsp3) is 0.333. The summed E-state index contributed by atoms with van der Waals surface area (Å²) >= 11 is 0. The van der Waals surface area contributed by atoms with E-state index in [1.807, 2.05) is 0 Å². The molecule has 2 rings (SSSR count). The third-order valence-corrected chi connectivity index (χ3v) is 3.93. The number of carbonyl (C=O) groups excluding carboxylic acids is 2. The second-order valence-corrected chi connectivity index (χ2v) is 5.14. The Morgan fingerprint density at radius 3 is 2.12 bits per heavy atom. The lowest BCUT2D eigenvalue weighted by Crippen LogP contribution is -2.23. The molecule has 0 radical (unpaired) electrons. The summed E-state index contributed by atoms with van der Waals surface area (Å²) in [6, 6.07) is 1.55. The molecule has 0 heterocycles. The molecule has 128 valence electrons. The van der Waals surface area contributed by atoms with E-state index in [1.54, 1.807) is 19.1 Å². The van der Waals surface area contributed by atoms with Crippen LogP contribution >= 0.6 is 0 Å². The molecule has 0 bridgehead atoms. The van der Waals surface area contributed by atoms with Gasteiger partial charge in [0.2, 0.25) is 0 Å². The van der Waals surface area contributed by atoms with Crippen LogP contribution in [0.2, 0.25) is 0 Å². The molecule has 1 aliphatic carbocycles. The fourth-order valence-electron chi connectivity index (χ4n) is 2.73. The molecule has 24 heavy (non-hydrogen) atoms. The molecule has 0 fully saturated rings. The first-order valence-corrected chi connectivity index (χ1v) is 7.31. The van der Waals surface area contributed by atoms with Crippen LogP contribution in [0.1, 0.15) is 34.1 Å². The molecular formula is C18H20O6. The normalized spacial score (nSPS) is 14.0. The molecule has 0 aromatic heterocycles. The van der Waals surface area contributed by atoms with Crippen LogP contribution in [-0.4, -0.2) is 40.0 Å². The lowest BCUT2D eigenvalue weighted by Gasteiger charge is -2.23. The van der Waals surface area contributed by atoms with Crippen LogP contribution in [0.3, 0.4) is 0 Å². The summed E-state index contributed by atoms with van der Waals surface area (Å²) in [6.45, 7) is 1.63. The van der Waals surface area contributed by atoms with Crippen molar-refractivity contribution < 1.29 is 28.5 Å². The van der Waals surface area contributed by atoms with Crippen molar-refractivity contribution in [2.75, 3.05) is 28.4 Å². The molecule has 6 heteroatoms. The molecule has 0 amide bonds. The zero-order valence-corrected chi connectivity index (χ0v) is 14.4. The summed E-state index contributed by atoms with van der Waals surface area (Å²) in [7, 11) is 5.84. The first-order chi connectivity index (χ1) is 11.5. The molecule has 0 N–H and O–H groups in total. The Bertz CT molecular complexity index is 742. The van der Waals surface area contributed by atoms with Gasteiger partial charge in [0.25, 0.3) is 0 Å². The number of allylic oxidation sites excluding steroid dienone is 3. The van der Waals surface area contributed by atoms with E-state index in [0.29, 0.717) is 16.9 Å². The van der Waals surface area contributed by atoms with Crippen LogP contribution in [0.5, 0.6) is 17.2 Å². The number of carbonyl (C=O) groups is 2. The number of benzene rings is 1. The van der Waals surface area contributed by atoms with Gasteiger partial charge >= 0.3 is 0 Å². The van der Waals surface area contributed by atoms with Crippen molar-refractivity contribution in [3.05, 3.63) is 40.7 Å². The van der Waals surface area contributed by atoms with Crippen molar-refractivity contribution in [2.24, 2.45) is 0 Å². The predicted octanol–water partition coefficient (Wildman–Crippen LogP) is 2.96. The Kier molecular flexibility index (Phi) is 5.28. The van der Waals surface area contributed by atoms with Crippen molar-refractivity contribution in [1.29, 1.82) is 0 Å². The molecule has 0 saturated carbocycles. The van der Waals surface area contributed by atoms with E-state index in [-0.39, 0.29) is 40.6 Å². The summed E-state index contributed by atoms with van der Waals surface area (Å²) in [5, 5.41) is 0. The highest BCUT2D eigenvalue weighted by molar-refractivity contribution is 6.29. The molecule has 0 unspecified atom stereocenters. The number of fused-ring (bicyclic) bond motifs is 1. The van der Waals surface area contributed by atoms with Gasteiger partial charge in [-0.2, -0.15) is 0 Å². The molecule has 0 saturated heterocycles. The van der Waals surface area contributed by atoms with Gasteiger partial charge in [0, 0.05) is 17.2 Å². The lowest BCUT2D eigenvalue weighted by atomic mass is 9.82. The average molecular weight is 332 g/mol. The largest absolute Gasteiger partial charge is 0.505 e. The number of Topliss-reactive ketones (excluding diaryl/α,β-unsaturated/α-hetero) is 2. The molecule has 0 aliphatic heterocycles. The number of ketones is 2. The van der Waals surface area contributed by atoms with Gasteiger partial charge in [-0.1, -0.05) is 0 Å². The number of rotatable bonds is 6. The van der Waals surface area contributed by atoms with Crippen molar-refractivity contribution in [3.63, 3.8) is 0 Å². The van der Waals surface area contributed by atoms with Gasteiger partial charge in [-0.3, -0.25) is 9.59 Å². The van der Waals surface area contributed by atoms with Crippen LogP contribution < -0.4 is 14.2 Å². The van der Waals surface area contributed by atoms with E-state index in [9.17, 15) is 9.59 Å². The van der Waals surface area contributed by atoms with Gasteiger partial charge in [0.15, 0.2) is 23.1 Å². The third kappa shape index (κ3) is 2.75. The summed E-state index contributed by atoms with van der Waals surface area (Å²) in [5.41, 5.74) is 1.16. The van der Waals surface area contributed by atoms with E-state index in [1.165, 1.54) is 34.7 Å². The summed E-state index contributed by atoms with van der Waals surface area (Å²) in [4.78, 5) is 25.8. The number of ether oxygens (including phenoxy) is 4. The summed E-state index contributed by atoms with van der Waals surface area (Å²) in [6.07, 6.45) is 3.43. The SMILES string of the molecule is CO/C=C/CC1=C(C)C(=O)c2c(OC)cc(OC)c(OC)c2C1=O. The zero-order chi connectivity index (χ0) is 17.9. The first kappa shape index (κ1) is 17.6. The third-order valence-electron chi connectivity index (χ3n) is 3.93. The molecule has 1 aromatic rings. The maximum atomic E-state index is 13.0. The first-order valence-electron chi connectivity index (χ1n) is 7.31. The fourth-order valence-corrected chi connectivity index (χ4v) is 2.73. The second-order valence-electron chi connectivity index (χ2n) is 5.14. The van der Waals surface area contributed by atoms with Crippen molar-refractivity contribution in [3.8, 4) is 17.2 Å². The van der Waals surface area contributed by atoms with E-state index < -0.39 is 0 Å². The molecule has 6 nitrogen and oxygen atoms in total. The molecule has 1 aromatic carbocycles. The van der Waals surface area contributed by atoms with E-state index in [2.05, 4.69) is 0 Å². The smallest absolute Gasteiger partial charge is 0.194 e. The lowest BCUT2D eigenvalue weighted by molar-refractivity contribution is 0.0967. The maximum absolute atomic E-state index is 13.0. The zero-order valence-electron chi connectivity index (χ0n) is 14.4. The average Bonchev–Trinajstić information content (AvgIpc) is 2.60. The van der Waals surface area contributed by atoms with Crippen molar-refractivity contribution >= 4 is 11.6 Å². The minimum absolute atomic E-state index is 0.171. The Balaban J connectivity index is 2.72. The van der Waals surface area contributed by atoms with E-state index in [0.717, 1.165) is 0 Å². The quantitative estimate of drug-likeness (QED) is 0.746. The molecule has 1 aliphatic rings. The summed E-state index contributed by atoms with van der Waals surface area (Å²) < 4.78 is 20.8. The van der Waals surface area contributed by atoms with Crippen molar-refractivity contribution in [2.45, 2.75) is 13.3 Å². The molecule has 0 atom stereocenters. The van der Waals surface area contributed by atoms with Crippen LogP contribution in [0.15, 0.2) is 29.6 Å². The molecule has 0 spiro atoms. The summed E-state index contributed by atoms with van der Waals surface area (Å²) in [5.74, 6) is 0.305. The predicted molar refractivity (Wildman–Crippen MR) is 88.2 cm³/mol. The van der Waals surface area contributed by atoms with Gasteiger partial charge in [-0.25, -0.2) is 0 Å². The van der Waals surface area contributed by atoms with E-state index in [4.69, 9.17) is 18.9 Å². The Hall–Kier alpha value is -2.76. The monoisotopic (exact) mass is 332 g/mol. The molecular weight excluding hydrogens is 312 g/mol. The Morgan fingerprint density at radius 2 is 1.58 bits per heavy atom. The van der Waals surface area contributed by atoms with Gasteiger partial charge in [0.05, 0.1) is 45.8 Å². The minimum atomic E-state index is -0.281. The Labute approximate surface area is 140 Å². The van der Waals surface area contributed by atoms with Gasteiger partial charge in [-0.15, -0.1) is 0 Å². The van der Waals surface area contributed by atoms with Crippen LogP contribution in [0.4, 0.5) is 0 Å². The topological polar surface area (TPSA) is 71.1 Å². The number of methoxy groups -OCH3 is 4. The Morgan fingerprint density at radius 1 is 0.917 bits per heavy atom.